The molecule has 0 spiro atoms. The van der Waals surface area contributed by atoms with Crippen molar-refractivity contribution in [2.45, 2.75) is 19.8 Å². The van der Waals surface area contributed by atoms with Crippen LogP contribution in [0.2, 0.25) is 0 Å². The van der Waals surface area contributed by atoms with Crippen LogP contribution in [0.25, 0.3) is 0 Å². The van der Waals surface area contributed by atoms with Gasteiger partial charge >= 0.3 is 0 Å². The van der Waals surface area contributed by atoms with Crippen LogP contribution in [0.4, 0.5) is 0 Å². The largest absolute Gasteiger partial charge is 0.353 e. The predicted octanol–water partition coefficient (Wildman–Crippen LogP) is 1.02. The van der Waals surface area contributed by atoms with Crippen molar-refractivity contribution < 1.29 is 4.79 Å². The molecule has 0 aromatic heterocycles. The van der Waals surface area contributed by atoms with Gasteiger partial charge in [0.25, 0.3) is 0 Å². The van der Waals surface area contributed by atoms with Crippen molar-refractivity contribution in [1.82, 2.24) is 10.2 Å². The molecule has 1 amide bonds. The van der Waals surface area contributed by atoms with E-state index in [1.165, 1.54) is 0 Å². The summed E-state index contributed by atoms with van der Waals surface area (Å²) in [5.74, 6) is 0.0145. The highest BCUT2D eigenvalue weighted by molar-refractivity contribution is 5.87. The summed E-state index contributed by atoms with van der Waals surface area (Å²) in [6.07, 6.45) is 5.36. The van der Waals surface area contributed by atoms with Gasteiger partial charge in [-0.1, -0.05) is 13.0 Å². The fraction of sp³-hybridized carbons (Fsp3) is 0.700. The minimum Gasteiger partial charge on any atom is -0.353 e. The first kappa shape index (κ1) is 12.2. The molecule has 0 fully saturated rings. The Hall–Kier alpha value is -0.830. The summed E-state index contributed by atoms with van der Waals surface area (Å²) in [7, 11) is 4.05. The molecule has 3 nitrogen and oxygen atoms in total. The maximum absolute atomic E-state index is 11.0. The van der Waals surface area contributed by atoms with Gasteiger partial charge in [-0.25, -0.2) is 0 Å². The molecule has 0 radical (unpaired) electrons. The molecule has 0 aliphatic heterocycles. The lowest BCUT2D eigenvalue weighted by Gasteiger charge is -2.08. The van der Waals surface area contributed by atoms with E-state index in [4.69, 9.17) is 0 Å². The van der Waals surface area contributed by atoms with Gasteiger partial charge in [-0.05, 0) is 39.6 Å². The molecule has 0 heterocycles. The molecule has 76 valence electrons. The summed E-state index contributed by atoms with van der Waals surface area (Å²) in [5.41, 5.74) is 0. The molecule has 0 saturated heterocycles. The Morgan fingerprint density at radius 2 is 2.15 bits per heavy atom. The lowest BCUT2D eigenvalue weighted by Crippen LogP contribution is -2.25. The van der Waals surface area contributed by atoms with Crippen molar-refractivity contribution in [3.63, 3.8) is 0 Å². The molecule has 0 saturated carbocycles. The van der Waals surface area contributed by atoms with Crippen molar-refractivity contribution in [3.8, 4) is 0 Å². The van der Waals surface area contributed by atoms with Gasteiger partial charge in [0.05, 0.1) is 0 Å². The molecule has 1 N–H and O–H groups in total. The van der Waals surface area contributed by atoms with Crippen molar-refractivity contribution >= 4 is 5.91 Å². The number of carbonyl (C=O) groups is 1. The van der Waals surface area contributed by atoms with Crippen LogP contribution >= 0.6 is 0 Å². The number of amides is 1. The zero-order chi connectivity index (χ0) is 10.1. The quantitative estimate of drug-likeness (QED) is 0.494. The second-order valence-corrected chi connectivity index (χ2v) is 3.26. The zero-order valence-corrected chi connectivity index (χ0v) is 8.84. The lowest BCUT2D eigenvalue weighted by molar-refractivity contribution is -0.116. The lowest BCUT2D eigenvalue weighted by atomic mass is 10.3. The average Bonchev–Trinajstić information content (AvgIpc) is 2.08. The van der Waals surface area contributed by atoms with Gasteiger partial charge in [0.2, 0.25) is 5.91 Å². The molecule has 3 heteroatoms. The molecule has 0 aliphatic rings. The standard InChI is InChI=1S/C10H20N2O/c1-4-5-7-10(13)11-8-6-9-12(2)3/h5,7H,4,6,8-9H2,1-3H3,(H,11,13)/b7-5+. The second kappa shape index (κ2) is 7.80. The van der Waals surface area contributed by atoms with Crippen molar-refractivity contribution in [3.05, 3.63) is 12.2 Å². The summed E-state index contributed by atoms with van der Waals surface area (Å²) in [6, 6.07) is 0. The first-order chi connectivity index (χ1) is 6.16. The van der Waals surface area contributed by atoms with E-state index in [1.54, 1.807) is 6.08 Å². The molecular weight excluding hydrogens is 164 g/mol. The summed E-state index contributed by atoms with van der Waals surface area (Å²) in [4.78, 5) is 13.1. The van der Waals surface area contributed by atoms with Gasteiger partial charge in [0.1, 0.15) is 0 Å². The third kappa shape index (κ3) is 9.08. The van der Waals surface area contributed by atoms with E-state index in [0.29, 0.717) is 0 Å². The van der Waals surface area contributed by atoms with E-state index in [-0.39, 0.29) is 5.91 Å². The van der Waals surface area contributed by atoms with Crippen molar-refractivity contribution in [2.24, 2.45) is 0 Å². The Bertz CT molecular complexity index is 164. The molecular formula is C10H20N2O. The highest BCUT2D eigenvalue weighted by atomic mass is 16.1. The minimum atomic E-state index is 0.0145. The van der Waals surface area contributed by atoms with E-state index in [0.717, 1.165) is 25.9 Å². The van der Waals surface area contributed by atoms with Gasteiger partial charge in [-0.15, -0.1) is 0 Å². The number of rotatable bonds is 6. The van der Waals surface area contributed by atoms with Crippen LogP contribution in [0.3, 0.4) is 0 Å². The summed E-state index contributed by atoms with van der Waals surface area (Å²) in [6.45, 7) is 3.78. The maximum atomic E-state index is 11.0. The first-order valence-corrected chi connectivity index (χ1v) is 4.76. The molecule has 0 rings (SSSR count). The molecule has 0 unspecified atom stereocenters. The number of carbonyl (C=O) groups excluding carboxylic acids is 1. The van der Waals surface area contributed by atoms with Crippen LogP contribution in [0, 0.1) is 0 Å². The van der Waals surface area contributed by atoms with Gasteiger partial charge in [-0.3, -0.25) is 4.79 Å². The van der Waals surface area contributed by atoms with Crippen molar-refractivity contribution in [2.75, 3.05) is 27.2 Å². The van der Waals surface area contributed by atoms with Crippen LogP contribution in [-0.4, -0.2) is 38.0 Å². The van der Waals surface area contributed by atoms with E-state index >= 15 is 0 Å². The average molecular weight is 184 g/mol. The normalized spacial score (nSPS) is 11.1. The van der Waals surface area contributed by atoms with Gasteiger partial charge < -0.3 is 10.2 Å². The van der Waals surface area contributed by atoms with E-state index in [2.05, 4.69) is 10.2 Å². The number of nitrogens with one attached hydrogen (secondary N) is 1. The van der Waals surface area contributed by atoms with E-state index in [1.807, 2.05) is 27.1 Å². The highest BCUT2D eigenvalue weighted by Gasteiger charge is 1.94. The highest BCUT2D eigenvalue weighted by Crippen LogP contribution is 1.82. The number of allylic oxidation sites excluding steroid dienone is 1. The molecule has 0 atom stereocenters. The van der Waals surface area contributed by atoms with Gasteiger partial charge in [-0.2, -0.15) is 0 Å². The summed E-state index contributed by atoms with van der Waals surface area (Å²) >= 11 is 0. The number of hydrogen-bond donors (Lipinski definition) is 1. The molecule has 0 aliphatic carbocycles. The van der Waals surface area contributed by atoms with E-state index in [9.17, 15) is 4.79 Å². The minimum absolute atomic E-state index is 0.0145. The third-order valence-corrected chi connectivity index (χ3v) is 1.59. The Balaban J connectivity index is 3.32. The zero-order valence-electron chi connectivity index (χ0n) is 8.84. The first-order valence-electron chi connectivity index (χ1n) is 4.76. The fourth-order valence-electron chi connectivity index (χ4n) is 0.891. The monoisotopic (exact) mass is 184 g/mol. The van der Waals surface area contributed by atoms with Crippen LogP contribution < -0.4 is 5.32 Å². The number of hydrogen-bond acceptors (Lipinski definition) is 2. The molecule has 0 aromatic carbocycles. The van der Waals surface area contributed by atoms with Gasteiger partial charge in [0, 0.05) is 6.54 Å². The third-order valence-electron chi connectivity index (χ3n) is 1.59. The fourth-order valence-corrected chi connectivity index (χ4v) is 0.891. The SMILES string of the molecule is CC/C=C/C(=O)NCCCN(C)C. The Kier molecular flexibility index (Phi) is 7.30. The molecule has 13 heavy (non-hydrogen) atoms. The Morgan fingerprint density at radius 1 is 1.46 bits per heavy atom. The molecule has 0 aromatic rings. The number of nitrogens with zero attached hydrogens (tertiary/aromatic N) is 1. The topological polar surface area (TPSA) is 32.3 Å². The maximum Gasteiger partial charge on any atom is 0.243 e. The summed E-state index contributed by atoms with van der Waals surface area (Å²) in [5, 5.41) is 2.82. The van der Waals surface area contributed by atoms with Crippen LogP contribution in [0.5, 0.6) is 0 Å². The smallest absolute Gasteiger partial charge is 0.243 e. The van der Waals surface area contributed by atoms with Crippen LogP contribution in [-0.2, 0) is 4.79 Å². The predicted molar refractivity (Wildman–Crippen MR) is 55.6 cm³/mol. The van der Waals surface area contributed by atoms with Crippen molar-refractivity contribution in [1.29, 1.82) is 0 Å². The molecule has 0 bridgehead atoms. The van der Waals surface area contributed by atoms with Gasteiger partial charge in [0.15, 0.2) is 0 Å². The summed E-state index contributed by atoms with van der Waals surface area (Å²) < 4.78 is 0. The Labute approximate surface area is 80.8 Å². The van der Waals surface area contributed by atoms with Crippen LogP contribution in [0.1, 0.15) is 19.8 Å². The second-order valence-electron chi connectivity index (χ2n) is 3.26. The van der Waals surface area contributed by atoms with E-state index < -0.39 is 0 Å². The van der Waals surface area contributed by atoms with Crippen LogP contribution in [0.15, 0.2) is 12.2 Å². The Morgan fingerprint density at radius 3 is 2.69 bits per heavy atom.